The van der Waals surface area contributed by atoms with Crippen LogP contribution in [0.1, 0.15) is 17.3 Å². The van der Waals surface area contributed by atoms with Crippen LogP contribution in [0, 0.1) is 0 Å². The number of benzene rings is 1. The van der Waals surface area contributed by atoms with E-state index in [0.717, 1.165) is 4.47 Å². The summed E-state index contributed by atoms with van der Waals surface area (Å²) in [5, 5.41) is 2.78. The molecule has 4 heteroatoms. The van der Waals surface area contributed by atoms with Crippen molar-refractivity contribution in [3.63, 3.8) is 0 Å². The van der Waals surface area contributed by atoms with E-state index in [1.54, 1.807) is 12.1 Å². The first-order valence-electron chi connectivity index (χ1n) is 4.85. The Kier molecular flexibility index (Phi) is 5.36. The number of halogens is 1. The number of hydrogen-bond donors (Lipinski definition) is 1. The normalized spacial score (nSPS) is 10.0. The number of carbonyl (C=O) groups excluding carboxylic acids is 1. The maximum absolute atomic E-state index is 11.6. The lowest BCUT2D eigenvalue weighted by Gasteiger charge is -2.05. The smallest absolute Gasteiger partial charge is 0.251 e. The van der Waals surface area contributed by atoms with Crippen molar-refractivity contribution in [3.05, 3.63) is 34.3 Å². The van der Waals surface area contributed by atoms with Gasteiger partial charge in [-0.05, 0) is 25.1 Å². The molecule has 0 bridgehead atoms. The van der Waals surface area contributed by atoms with Gasteiger partial charge in [0.05, 0.1) is 6.61 Å². The fourth-order valence-electron chi connectivity index (χ4n) is 1.11. The van der Waals surface area contributed by atoms with Gasteiger partial charge in [0.15, 0.2) is 0 Å². The minimum Gasteiger partial charge on any atom is -0.380 e. The Morgan fingerprint density at radius 2 is 2.33 bits per heavy atom. The summed E-state index contributed by atoms with van der Waals surface area (Å²) in [6.45, 7) is 3.69. The first-order valence-corrected chi connectivity index (χ1v) is 5.65. The van der Waals surface area contributed by atoms with Crippen molar-refractivity contribution >= 4 is 21.8 Å². The number of rotatable bonds is 5. The molecule has 0 radical (unpaired) electrons. The van der Waals surface area contributed by atoms with Crippen LogP contribution in [0.15, 0.2) is 28.7 Å². The second kappa shape index (κ2) is 6.58. The lowest BCUT2D eigenvalue weighted by Crippen LogP contribution is -2.27. The van der Waals surface area contributed by atoms with Gasteiger partial charge in [-0.25, -0.2) is 0 Å². The third kappa shape index (κ3) is 4.44. The Labute approximate surface area is 97.9 Å². The molecule has 1 aromatic rings. The molecular weight excluding hydrogens is 258 g/mol. The van der Waals surface area contributed by atoms with E-state index in [0.29, 0.717) is 25.3 Å². The molecule has 0 aliphatic rings. The molecule has 0 aromatic heterocycles. The summed E-state index contributed by atoms with van der Waals surface area (Å²) >= 11 is 3.32. The molecule has 0 unspecified atom stereocenters. The van der Waals surface area contributed by atoms with Crippen LogP contribution < -0.4 is 5.32 Å². The molecule has 0 saturated heterocycles. The molecule has 0 spiro atoms. The first kappa shape index (κ1) is 12.2. The average molecular weight is 272 g/mol. The van der Waals surface area contributed by atoms with E-state index in [9.17, 15) is 4.79 Å². The summed E-state index contributed by atoms with van der Waals surface area (Å²) in [6.07, 6.45) is 0. The van der Waals surface area contributed by atoms with E-state index in [1.165, 1.54) is 0 Å². The van der Waals surface area contributed by atoms with Gasteiger partial charge in [-0.2, -0.15) is 0 Å². The Bertz CT molecular complexity index is 328. The van der Waals surface area contributed by atoms with Crippen molar-refractivity contribution in [2.45, 2.75) is 6.92 Å². The zero-order valence-electron chi connectivity index (χ0n) is 8.63. The molecule has 1 N–H and O–H groups in total. The Morgan fingerprint density at radius 1 is 1.53 bits per heavy atom. The predicted octanol–water partition coefficient (Wildman–Crippen LogP) is 2.22. The quantitative estimate of drug-likeness (QED) is 0.835. The fraction of sp³-hybridized carbons (Fsp3) is 0.364. The van der Waals surface area contributed by atoms with Crippen LogP contribution in [0.4, 0.5) is 0 Å². The van der Waals surface area contributed by atoms with Gasteiger partial charge in [-0.15, -0.1) is 0 Å². The molecule has 82 valence electrons. The maximum atomic E-state index is 11.6. The van der Waals surface area contributed by atoms with Crippen molar-refractivity contribution in [1.82, 2.24) is 5.32 Å². The molecular formula is C11H14BrNO2. The standard InChI is InChI=1S/C11H14BrNO2/c1-2-15-7-6-13-11(14)9-4-3-5-10(12)8-9/h3-5,8H,2,6-7H2,1H3,(H,13,14). The third-order valence-corrected chi connectivity index (χ3v) is 2.32. The molecule has 1 rings (SSSR count). The van der Waals surface area contributed by atoms with Gasteiger partial charge < -0.3 is 10.1 Å². The van der Waals surface area contributed by atoms with Gasteiger partial charge in [-0.3, -0.25) is 4.79 Å². The summed E-state index contributed by atoms with van der Waals surface area (Å²) in [7, 11) is 0. The van der Waals surface area contributed by atoms with E-state index in [4.69, 9.17) is 4.74 Å². The number of nitrogens with one attached hydrogen (secondary N) is 1. The molecule has 15 heavy (non-hydrogen) atoms. The lowest BCUT2D eigenvalue weighted by atomic mass is 10.2. The average Bonchev–Trinajstić information content (AvgIpc) is 2.24. The van der Waals surface area contributed by atoms with E-state index >= 15 is 0 Å². The summed E-state index contributed by atoms with van der Waals surface area (Å²) in [4.78, 5) is 11.6. The highest BCUT2D eigenvalue weighted by Gasteiger charge is 2.03. The molecule has 3 nitrogen and oxygen atoms in total. The van der Waals surface area contributed by atoms with Crippen molar-refractivity contribution in [2.24, 2.45) is 0 Å². The SMILES string of the molecule is CCOCCNC(=O)c1cccc(Br)c1. The molecule has 0 aliphatic carbocycles. The van der Waals surface area contributed by atoms with Crippen LogP contribution >= 0.6 is 15.9 Å². The van der Waals surface area contributed by atoms with Crippen LogP contribution in [0.3, 0.4) is 0 Å². The highest BCUT2D eigenvalue weighted by atomic mass is 79.9. The number of hydrogen-bond acceptors (Lipinski definition) is 2. The lowest BCUT2D eigenvalue weighted by molar-refractivity contribution is 0.0922. The molecule has 0 fully saturated rings. The van der Waals surface area contributed by atoms with E-state index in [1.807, 2.05) is 19.1 Å². The highest BCUT2D eigenvalue weighted by Crippen LogP contribution is 2.11. The fourth-order valence-corrected chi connectivity index (χ4v) is 1.51. The Morgan fingerprint density at radius 3 is 3.00 bits per heavy atom. The van der Waals surface area contributed by atoms with Crippen molar-refractivity contribution in [3.8, 4) is 0 Å². The van der Waals surface area contributed by atoms with Crippen LogP contribution in [-0.2, 0) is 4.74 Å². The Balaban J connectivity index is 2.40. The predicted molar refractivity (Wildman–Crippen MR) is 63.0 cm³/mol. The molecule has 1 aromatic carbocycles. The van der Waals surface area contributed by atoms with E-state index in [2.05, 4.69) is 21.2 Å². The van der Waals surface area contributed by atoms with Gasteiger partial charge in [0.1, 0.15) is 0 Å². The molecule has 1 amide bonds. The number of ether oxygens (including phenoxy) is 1. The van der Waals surface area contributed by atoms with Gasteiger partial charge in [0, 0.05) is 23.2 Å². The summed E-state index contributed by atoms with van der Waals surface area (Å²) < 4.78 is 6.02. The second-order valence-corrected chi connectivity index (χ2v) is 3.88. The zero-order chi connectivity index (χ0) is 11.1. The van der Waals surface area contributed by atoms with Crippen molar-refractivity contribution < 1.29 is 9.53 Å². The summed E-state index contributed by atoms with van der Waals surface area (Å²) in [5.41, 5.74) is 0.654. The number of amides is 1. The molecule has 0 saturated carbocycles. The molecule has 0 aliphatic heterocycles. The molecule has 0 heterocycles. The van der Waals surface area contributed by atoms with Crippen LogP contribution in [0.25, 0.3) is 0 Å². The van der Waals surface area contributed by atoms with E-state index in [-0.39, 0.29) is 5.91 Å². The van der Waals surface area contributed by atoms with Crippen LogP contribution in [0.5, 0.6) is 0 Å². The second-order valence-electron chi connectivity index (χ2n) is 2.96. The third-order valence-electron chi connectivity index (χ3n) is 1.82. The highest BCUT2D eigenvalue weighted by molar-refractivity contribution is 9.10. The topological polar surface area (TPSA) is 38.3 Å². The largest absolute Gasteiger partial charge is 0.380 e. The van der Waals surface area contributed by atoms with Gasteiger partial charge in [0.25, 0.3) is 5.91 Å². The minimum absolute atomic E-state index is 0.0731. The minimum atomic E-state index is -0.0731. The van der Waals surface area contributed by atoms with Gasteiger partial charge in [-0.1, -0.05) is 22.0 Å². The van der Waals surface area contributed by atoms with E-state index < -0.39 is 0 Å². The first-order chi connectivity index (χ1) is 7.24. The van der Waals surface area contributed by atoms with Gasteiger partial charge >= 0.3 is 0 Å². The summed E-state index contributed by atoms with van der Waals surface area (Å²) in [5.74, 6) is -0.0731. The molecule has 0 atom stereocenters. The van der Waals surface area contributed by atoms with Crippen molar-refractivity contribution in [1.29, 1.82) is 0 Å². The van der Waals surface area contributed by atoms with Gasteiger partial charge in [0.2, 0.25) is 0 Å². The van der Waals surface area contributed by atoms with Crippen LogP contribution in [0.2, 0.25) is 0 Å². The zero-order valence-corrected chi connectivity index (χ0v) is 10.2. The maximum Gasteiger partial charge on any atom is 0.251 e. The number of carbonyl (C=O) groups is 1. The summed E-state index contributed by atoms with van der Waals surface area (Å²) in [6, 6.07) is 7.29. The Hall–Kier alpha value is -0.870. The van der Waals surface area contributed by atoms with Crippen molar-refractivity contribution in [2.75, 3.05) is 19.8 Å². The monoisotopic (exact) mass is 271 g/mol. The van der Waals surface area contributed by atoms with Crippen LogP contribution in [-0.4, -0.2) is 25.7 Å².